The molecule has 0 bridgehead atoms. The fourth-order valence-electron chi connectivity index (χ4n) is 1.78. The molecule has 1 atom stereocenters. The zero-order chi connectivity index (χ0) is 15.9. The van der Waals surface area contributed by atoms with Gasteiger partial charge in [-0.2, -0.15) is 0 Å². The van der Waals surface area contributed by atoms with Gasteiger partial charge in [0.05, 0.1) is 5.75 Å². The molecule has 5 nitrogen and oxygen atoms in total. The zero-order valence-corrected chi connectivity index (χ0v) is 16.7. The summed E-state index contributed by atoms with van der Waals surface area (Å²) in [6.45, 7) is 4.68. The van der Waals surface area contributed by atoms with Crippen molar-refractivity contribution in [1.29, 1.82) is 0 Å². The van der Waals surface area contributed by atoms with Crippen molar-refractivity contribution < 1.29 is 8.42 Å². The molecule has 1 aromatic rings. The summed E-state index contributed by atoms with van der Waals surface area (Å²) in [6.07, 6.45) is 1.81. The van der Waals surface area contributed by atoms with E-state index in [0.29, 0.717) is 18.9 Å². The van der Waals surface area contributed by atoms with Crippen LogP contribution in [0, 0.1) is 6.92 Å². The largest absolute Gasteiger partial charge is 0.354 e. The lowest BCUT2D eigenvalue weighted by molar-refractivity contribution is 0.581. The molecule has 0 aromatic heterocycles. The van der Waals surface area contributed by atoms with Crippen LogP contribution in [0.25, 0.3) is 0 Å². The van der Waals surface area contributed by atoms with Crippen LogP contribution in [0.4, 0.5) is 0 Å². The maximum Gasteiger partial charge on any atom is 0.191 e. The van der Waals surface area contributed by atoms with Crippen LogP contribution in [0.15, 0.2) is 29.3 Å². The van der Waals surface area contributed by atoms with E-state index in [1.807, 2.05) is 6.92 Å². The first-order valence-corrected chi connectivity index (χ1v) is 9.06. The highest BCUT2D eigenvalue weighted by Gasteiger charge is 2.09. The fourth-order valence-corrected chi connectivity index (χ4v) is 2.56. The third kappa shape index (κ3) is 9.24. The smallest absolute Gasteiger partial charge is 0.191 e. The van der Waals surface area contributed by atoms with Gasteiger partial charge in [-0.25, -0.2) is 8.42 Å². The van der Waals surface area contributed by atoms with Crippen LogP contribution < -0.4 is 10.6 Å². The number of nitrogens with zero attached hydrogens (tertiary/aromatic N) is 1. The van der Waals surface area contributed by atoms with Crippen molar-refractivity contribution in [3.05, 3.63) is 35.4 Å². The number of aliphatic imine (C=N–C) groups is 1. The Bertz CT molecular complexity index is 571. The number of rotatable bonds is 6. The summed E-state index contributed by atoms with van der Waals surface area (Å²) >= 11 is 0. The number of hydrogen-bond acceptors (Lipinski definition) is 3. The Balaban J connectivity index is 0.00000441. The first kappa shape index (κ1) is 21.2. The van der Waals surface area contributed by atoms with E-state index in [4.69, 9.17) is 0 Å². The zero-order valence-electron chi connectivity index (χ0n) is 13.6. The third-order valence-corrected chi connectivity index (χ3v) is 4.09. The first-order valence-electron chi connectivity index (χ1n) is 7.00. The molecule has 0 aliphatic carbocycles. The maximum absolute atomic E-state index is 11.2. The molecule has 0 saturated heterocycles. The molecule has 0 spiro atoms. The molecule has 2 N–H and O–H groups in total. The SMILES string of the molecule is CN=C(NCc1ccc(C)cc1)NC(C)CCS(C)(=O)=O.I. The van der Waals surface area contributed by atoms with Crippen molar-refractivity contribution in [3.8, 4) is 0 Å². The summed E-state index contributed by atoms with van der Waals surface area (Å²) in [6, 6.07) is 8.33. The number of hydrogen-bond donors (Lipinski definition) is 2. The number of sulfone groups is 1. The van der Waals surface area contributed by atoms with Gasteiger partial charge in [0, 0.05) is 25.9 Å². The normalized spacial score (nSPS) is 13.2. The van der Waals surface area contributed by atoms with Crippen LogP contribution in [0.2, 0.25) is 0 Å². The summed E-state index contributed by atoms with van der Waals surface area (Å²) in [5.74, 6) is 0.854. The molecule has 0 fully saturated rings. The lowest BCUT2D eigenvalue weighted by Gasteiger charge is -2.17. The first-order chi connectivity index (χ1) is 9.80. The highest BCUT2D eigenvalue weighted by Crippen LogP contribution is 2.02. The quantitative estimate of drug-likeness (QED) is 0.405. The van der Waals surface area contributed by atoms with E-state index in [0.717, 1.165) is 0 Å². The van der Waals surface area contributed by atoms with Crippen LogP contribution in [-0.4, -0.2) is 39.5 Å². The van der Waals surface area contributed by atoms with Crippen LogP contribution in [0.5, 0.6) is 0 Å². The monoisotopic (exact) mass is 439 g/mol. The molecule has 0 amide bonds. The van der Waals surface area contributed by atoms with Gasteiger partial charge in [0.25, 0.3) is 0 Å². The van der Waals surface area contributed by atoms with Gasteiger partial charge in [0.1, 0.15) is 9.84 Å². The number of nitrogens with one attached hydrogen (secondary N) is 2. The van der Waals surface area contributed by atoms with Crippen LogP contribution in [0.3, 0.4) is 0 Å². The summed E-state index contributed by atoms with van der Waals surface area (Å²) < 4.78 is 22.3. The van der Waals surface area contributed by atoms with Gasteiger partial charge in [-0.1, -0.05) is 29.8 Å². The topological polar surface area (TPSA) is 70.6 Å². The highest BCUT2D eigenvalue weighted by atomic mass is 127. The highest BCUT2D eigenvalue weighted by molar-refractivity contribution is 14.0. The lowest BCUT2D eigenvalue weighted by Crippen LogP contribution is -2.42. The molecule has 1 rings (SSSR count). The molecular formula is C15H26IN3O2S. The maximum atomic E-state index is 11.2. The van der Waals surface area contributed by atoms with E-state index in [2.05, 4.69) is 46.8 Å². The molecule has 0 aliphatic heterocycles. The van der Waals surface area contributed by atoms with Crippen LogP contribution in [0.1, 0.15) is 24.5 Å². The van der Waals surface area contributed by atoms with E-state index in [1.165, 1.54) is 17.4 Å². The Kier molecular flexibility index (Phi) is 9.66. The number of guanidine groups is 1. The molecule has 1 aromatic carbocycles. The summed E-state index contributed by atoms with van der Waals surface area (Å²) in [4.78, 5) is 4.15. The standard InChI is InChI=1S/C15H25N3O2S.HI/c1-12-5-7-14(8-6-12)11-17-15(16-3)18-13(2)9-10-21(4,19)20;/h5-8,13H,9-11H2,1-4H3,(H2,16,17,18);1H. The second kappa shape index (κ2) is 10.0. The van der Waals surface area contributed by atoms with Gasteiger partial charge >= 0.3 is 0 Å². The Morgan fingerprint density at radius 1 is 1.27 bits per heavy atom. The Morgan fingerprint density at radius 3 is 2.36 bits per heavy atom. The number of halogens is 1. The second-order valence-corrected chi connectivity index (χ2v) is 7.64. The molecule has 0 saturated carbocycles. The minimum atomic E-state index is -2.92. The van der Waals surface area contributed by atoms with Crippen molar-refractivity contribution in [1.82, 2.24) is 10.6 Å². The minimum absolute atomic E-state index is 0. The Labute approximate surface area is 150 Å². The van der Waals surface area contributed by atoms with Crippen molar-refractivity contribution in [2.75, 3.05) is 19.1 Å². The minimum Gasteiger partial charge on any atom is -0.354 e. The van der Waals surface area contributed by atoms with Gasteiger partial charge in [0.2, 0.25) is 0 Å². The molecule has 0 aliphatic rings. The van der Waals surface area contributed by atoms with Gasteiger partial charge in [0.15, 0.2) is 5.96 Å². The second-order valence-electron chi connectivity index (χ2n) is 5.38. The van der Waals surface area contributed by atoms with Crippen molar-refractivity contribution >= 4 is 39.8 Å². The van der Waals surface area contributed by atoms with Crippen molar-refractivity contribution in [2.45, 2.75) is 32.9 Å². The van der Waals surface area contributed by atoms with Gasteiger partial charge < -0.3 is 10.6 Å². The molecule has 126 valence electrons. The van der Waals surface area contributed by atoms with Gasteiger partial charge in [-0.05, 0) is 25.8 Å². The lowest BCUT2D eigenvalue weighted by atomic mass is 10.1. The molecule has 1 unspecified atom stereocenters. The number of benzene rings is 1. The Hall–Kier alpha value is -0.830. The predicted octanol–water partition coefficient (Wildman–Crippen LogP) is 2.10. The average Bonchev–Trinajstić information content (AvgIpc) is 2.42. The van der Waals surface area contributed by atoms with E-state index in [1.54, 1.807) is 7.05 Å². The summed E-state index contributed by atoms with van der Waals surface area (Å²) in [5, 5.41) is 6.42. The van der Waals surface area contributed by atoms with Gasteiger partial charge in [-0.3, -0.25) is 4.99 Å². The van der Waals surface area contributed by atoms with E-state index in [-0.39, 0.29) is 35.8 Å². The third-order valence-electron chi connectivity index (χ3n) is 3.11. The van der Waals surface area contributed by atoms with Crippen LogP contribution >= 0.6 is 24.0 Å². The van der Waals surface area contributed by atoms with E-state index >= 15 is 0 Å². The average molecular weight is 439 g/mol. The Morgan fingerprint density at radius 2 is 1.86 bits per heavy atom. The molecular weight excluding hydrogens is 413 g/mol. The predicted molar refractivity (Wildman–Crippen MR) is 104 cm³/mol. The molecule has 0 radical (unpaired) electrons. The van der Waals surface area contributed by atoms with Crippen LogP contribution in [-0.2, 0) is 16.4 Å². The molecule has 7 heteroatoms. The fraction of sp³-hybridized carbons (Fsp3) is 0.533. The van der Waals surface area contributed by atoms with Crippen molar-refractivity contribution in [3.63, 3.8) is 0 Å². The van der Waals surface area contributed by atoms with E-state index < -0.39 is 9.84 Å². The van der Waals surface area contributed by atoms with Crippen molar-refractivity contribution in [2.24, 2.45) is 4.99 Å². The van der Waals surface area contributed by atoms with Gasteiger partial charge in [-0.15, -0.1) is 24.0 Å². The summed E-state index contributed by atoms with van der Waals surface area (Å²) in [7, 11) is -1.22. The number of aryl methyl sites for hydroxylation is 1. The van der Waals surface area contributed by atoms with E-state index in [9.17, 15) is 8.42 Å². The summed E-state index contributed by atoms with van der Waals surface area (Å²) in [5.41, 5.74) is 2.41. The molecule has 0 heterocycles. The molecule has 22 heavy (non-hydrogen) atoms.